The number of hydrogen-bond donors (Lipinski definition) is 2. The molecule has 1 heterocycles. The van der Waals surface area contributed by atoms with Crippen molar-refractivity contribution in [3.63, 3.8) is 0 Å². The van der Waals surface area contributed by atoms with Crippen LogP contribution in [0.5, 0.6) is 5.75 Å². The van der Waals surface area contributed by atoms with Crippen molar-refractivity contribution in [3.05, 3.63) is 38.3 Å². The van der Waals surface area contributed by atoms with Gasteiger partial charge in [-0.1, -0.05) is 37.0 Å². The summed E-state index contributed by atoms with van der Waals surface area (Å²) in [5.41, 5.74) is 0.659. The number of phenolic OH excluding ortho intramolecular Hbond substituents is 1. The molecule has 0 aliphatic carbocycles. The standard InChI is InChI=1S/C14H16Cl2N4OS/c1-3-9(4-2)13-18-19-14(22)20(13)17-7-8-5-10(15)12(21)11(16)6-8/h5-7,9,21H,3-4H2,1-2H3,(H,19,22)/b17-7-. The highest BCUT2D eigenvalue weighted by atomic mass is 35.5. The molecule has 0 aliphatic heterocycles. The van der Waals surface area contributed by atoms with Crippen molar-refractivity contribution in [3.8, 4) is 5.75 Å². The van der Waals surface area contributed by atoms with Crippen LogP contribution in [-0.4, -0.2) is 26.2 Å². The van der Waals surface area contributed by atoms with Crippen LogP contribution in [0, 0.1) is 4.77 Å². The summed E-state index contributed by atoms with van der Waals surface area (Å²) in [6.07, 6.45) is 3.47. The summed E-state index contributed by atoms with van der Waals surface area (Å²) in [7, 11) is 0. The van der Waals surface area contributed by atoms with Crippen molar-refractivity contribution < 1.29 is 5.11 Å². The van der Waals surface area contributed by atoms with Gasteiger partial charge in [-0.05, 0) is 42.8 Å². The molecule has 0 aliphatic rings. The highest BCUT2D eigenvalue weighted by Crippen LogP contribution is 2.32. The zero-order valence-electron chi connectivity index (χ0n) is 12.2. The Bertz CT molecular complexity index is 727. The Kier molecular flexibility index (Phi) is 5.61. The largest absolute Gasteiger partial charge is 0.505 e. The number of nitrogens with zero attached hydrogens (tertiary/aromatic N) is 3. The van der Waals surface area contributed by atoms with Crippen LogP contribution in [0.3, 0.4) is 0 Å². The van der Waals surface area contributed by atoms with Gasteiger partial charge >= 0.3 is 0 Å². The topological polar surface area (TPSA) is 66.2 Å². The van der Waals surface area contributed by atoms with Crippen LogP contribution in [0.2, 0.25) is 10.0 Å². The van der Waals surface area contributed by atoms with Gasteiger partial charge in [-0.2, -0.15) is 14.9 Å². The maximum atomic E-state index is 9.56. The summed E-state index contributed by atoms with van der Waals surface area (Å²) >= 11 is 17.0. The molecule has 2 N–H and O–H groups in total. The first-order valence-electron chi connectivity index (χ1n) is 6.87. The molecule has 1 aromatic heterocycles. The van der Waals surface area contributed by atoms with Gasteiger partial charge in [0.1, 0.15) is 0 Å². The van der Waals surface area contributed by atoms with Crippen LogP contribution in [-0.2, 0) is 0 Å². The lowest BCUT2D eigenvalue weighted by Gasteiger charge is -2.10. The van der Waals surface area contributed by atoms with E-state index in [0.29, 0.717) is 10.3 Å². The highest BCUT2D eigenvalue weighted by Gasteiger charge is 2.15. The van der Waals surface area contributed by atoms with E-state index in [1.54, 1.807) is 23.0 Å². The molecular weight excluding hydrogens is 343 g/mol. The smallest absolute Gasteiger partial charge is 0.216 e. The normalized spacial score (nSPS) is 11.7. The number of aromatic amines is 1. The van der Waals surface area contributed by atoms with E-state index in [1.807, 2.05) is 0 Å². The van der Waals surface area contributed by atoms with E-state index in [9.17, 15) is 5.11 Å². The minimum atomic E-state index is -0.141. The Morgan fingerprint density at radius 3 is 2.50 bits per heavy atom. The van der Waals surface area contributed by atoms with Crippen molar-refractivity contribution in [1.29, 1.82) is 0 Å². The Morgan fingerprint density at radius 1 is 1.36 bits per heavy atom. The monoisotopic (exact) mass is 358 g/mol. The van der Waals surface area contributed by atoms with Crippen molar-refractivity contribution >= 4 is 41.6 Å². The summed E-state index contributed by atoms with van der Waals surface area (Å²) in [5.74, 6) is 0.928. The van der Waals surface area contributed by atoms with Gasteiger partial charge in [-0.25, -0.2) is 0 Å². The van der Waals surface area contributed by atoms with Gasteiger partial charge in [0.2, 0.25) is 4.77 Å². The van der Waals surface area contributed by atoms with Crippen LogP contribution >= 0.6 is 35.4 Å². The average molecular weight is 359 g/mol. The zero-order chi connectivity index (χ0) is 16.3. The molecule has 0 amide bonds. The van der Waals surface area contributed by atoms with Gasteiger partial charge in [0.15, 0.2) is 11.6 Å². The highest BCUT2D eigenvalue weighted by molar-refractivity contribution is 7.71. The zero-order valence-corrected chi connectivity index (χ0v) is 14.5. The number of H-pyrrole nitrogens is 1. The Hall–Kier alpha value is -1.37. The number of nitrogens with one attached hydrogen (secondary N) is 1. The van der Waals surface area contributed by atoms with Gasteiger partial charge in [-0.15, -0.1) is 0 Å². The van der Waals surface area contributed by atoms with E-state index < -0.39 is 0 Å². The van der Waals surface area contributed by atoms with Crippen LogP contribution in [0.4, 0.5) is 0 Å². The molecule has 0 bridgehead atoms. The number of hydrogen-bond acceptors (Lipinski definition) is 4. The third kappa shape index (κ3) is 3.51. The van der Waals surface area contributed by atoms with Crippen LogP contribution < -0.4 is 0 Å². The molecular formula is C14H16Cl2N4OS. The van der Waals surface area contributed by atoms with E-state index in [2.05, 4.69) is 29.1 Å². The van der Waals surface area contributed by atoms with E-state index in [1.165, 1.54) is 0 Å². The molecule has 2 aromatic rings. The molecule has 0 saturated carbocycles. The quantitative estimate of drug-likeness (QED) is 0.599. The molecule has 0 atom stereocenters. The predicted molar refractivity (Wildman–Crippen MR) is 91.9 cm³/mol. The lowest BCUT2D eigenvalue weighted by Crippen LogP contribution is -2.05. The third-order valence-electron chi connectivity index (χ3n) is 3.39. The van der Waals surface area contributed by atoms with E-state index in [0.717, 1.165) is 18.7 Å². The summed E-state index contributed by atoms with van der Waals surface area (Å²) in [5, 5.41) is 21.3. The molecule has 0 radical (unpaired) electrons. The lowest BCUT2D eigenvalue weighted by molar-refractivity contribution is 0.476. The van der Waals surface area contributed by atoms with Crippen LogP contribution in [0.25, 0.3) is 0 Å². The molecule has 0 saturated heterocycles. The number of aromatic nitrogens is 3. The first-order chi connectivity index (χ1) is 10.5. The van der Waals surface area contributed by atoms with Crippen molar-refractivity contribution in [1.82, 2.24) is 14.9 Å². The number of rotatable bonds is 5. The maximum absolute atomic E-state index is 9.56. The summed E-state index contributed by atoms with van der Waals surface area (Å²) in [4.78, 5) is 0. The van der Waals surface area contributed by atoms with Gasteiger partial charge in [0, 0.05) is 5.92 Å². The summed E-state index contributed by atoms with van der Waals surface area (Å²) in [6.45, 7) is 4.19. The van der Waals surface area contributed by atoms with Crippen molar-refractivity contribution in [2.75, 3.05) is 0 Å². The van der Waals surface area contributed by atoms with Gasteiger partial charge in [0.05, 0.1) is 16.3 Å². The molecule has 22 heavy (non-hydrogen) atoms. The minimum Gasteiger partial charge on any atom is -0.505 e. The molecule has 0 fully saturated rings. The first kappa shape index (κ1) is 17.0. The second-order valence-corrected chi connectivity index (χ2v) is 5.99. The second kappa shape index (κ2) is 7.26. The lowest BCUT2D eigenvalue weighted by atomic mass is 10.0. The maximum Gasteiger partial charge on any atom is 0.216 e. The fraction of sp³-hybridized carbons (Fsp3) is 0.357. The Labute approximate surface area is 143 Å². The Morgan fingerprint density at radius 2 is 1.95 bits per heavy atom. The third-order valence-corrected chi connectivity index (χ3v) is 4.23. The number of phenols is 1. The molecule has 2 rings (SSSR count). The average Bonchev–Trinajstić information content (AvgIpc) is 2.85. The van der Waals surface area contributed by atoms with Crippen molar-refractivity contribution in [2.45, 2.75) is 32.6 Å². The van der Waals surface area contributed by atoms with Gasteiger partial charge < -0.3 is 5.11 Å². The van der Waals surface area contributed by atoms with Crippen LogP contribution in [0.1, 0.15) is 44.0 Å². The number of halogens is 2. The predicted octanol–water partition coefficient (Wildman–Crippen LogP) is 4.74. The fourth-order valence-electron chi connectivity index (χ4n) is 2.12. The van der Waals surface area contributed by atoms with E-state index in [4.69, 9.17) is 35.4 Å². The van der Waals surface area contributed by atoms with Crippen LogP contribution in [0.15, 0.2) is 17.2 Å². The summed E-state index contributed by atoms with van der Waals surface area (Å²) in [6, 6.07) is 3.15. The molecule has 118 valence electrons. The molecule has 5 nitrogen and oxygen atoms in total. The Balaban J connectivity index is 2.39. The van der Waals surface area contributed by atoms with E-state index in [-0.39, 0.29) is 21.7 Å². The second-order valence-electron chi connectivity index (χ2n) is 4.79. The molecule has 0 unspecified atom stereocenters. The van der Waals surface area contributed by atoms with Gasteiger partial charge in [-0.3, -0.25) is 5.10 Å². The fourth-order valence-corrected chi connectivity index (χ4v) is 2.81. The SMILES string of the molecule is CCC(CC)c1n[nH]c(=S)n1/N=C\c1cc(Cl)c(O)c(Cl)c1. The molecule has 0 spiro atoms. The van der Waals surface area contributed by atoms with Crippen molar-refractivity contribution in [2.24, 2.45) is 5.10 Å². The van der Waals surface area contributed by atoms with E-state index >= 15 is 0 Å². The number of benzene rings is 1. The molecule has 1 aromatic carbocycles. The van der Waals surface area contributed by atoms with Gasteiger partial charge in [0.25, 0.3) is 0 Å². The summed E-state index contributed by atoms with van der Waals surface area (Å²) < 4.78 is 2.02. The minimum absolute atomic E-state index is 0.141. The first-order valence-corrected chi connectivity index (χ1v) is 8.04. The molecule has 8 heteroatoms. The number of aromatic hydroxyl groups is 1.